The molecule has 1 rings (SSSR count). The zero-order valence-electron chi connectivity index (χ0n) is 11.3. The van der Waals surface area contributed by atoms with E-state index in [9.17, 15) is 4.79 Å². The number of hydrogen-bond donors (Lipinski definition) is 1. The van der Waals surface area contributed by atoms with Crippen LogP contribution in [0.1, 0.15) is 55.8 Å². The molecule has 1 amide bonds. The standard InChI is InChI=1S/C15H21BrClNO/c1-2-3-4-5-6-7-10-18-15(19)13-11-12(16)8-9-14(13)17/h8-9,11H,2-7,10H2,1H3,(H,18,19). The number of rotatable bonds is 8. The molecule has 0 saturated heterocycles. The predicted octanol–water partition coefficient (Wildman–Crippen LogP) is 5.19. The van der Waals surface area contributed by atoms with Crippen molar-refractivity contribution in [3.05, 3.63) is 33.3 Å². The number of carbonyl (C=O) groups excluding carboxylic acids is 1. The number of benzene rings is 1. The average Bonchev–Trinajstić information content (AvgIpc) is 2.40. The summed E-state index contributed by atoms with van der Waals surface area (Å²) in [7, 11) is 0. The Morgan fingerprint density at radius 2 is 1.89 bits per heavy atom. The molecule has 0 spiro atoms. The van der Waals surface area contributed by atoms with E-state index in [1.54, 1.807) is 12.1 Å². The van der Waals surface area contributed by atoms with Crippen molar-refractivity contribution < 1.29 is 4.79 Å². The molecule has 0 heterocycles. The molecule has 0 bridgehead atoms. The number of unbranched alkanes of at least 4 members (excludes halogenated alkanes) is 5. The molecule has 4 heteroatoms. The largest absolute Gasteiger partial charge is 0.352 e. The van der Waals surface area contributed by atoms with Crippen molar-refractivity contribution in [3.8, 4) is 0 Å². The third kappa shape index (κ3) is 6.44. The predicted molar refractivity (Wildman–Crippen MR) is 84.9 cm³/mol. The van der Waals surface area contributed by atoms with Gasteiger partial charge in [0.2, 0.25) is 0 Å². The lowest BCUT2D eigenvalue weighted by molar-refractivity contribution is 0.0953. The number of nitrogens with one attached hydrogen (secondary N) is 1. The molecule has 0 fully saturated rings. The minimum atomic E-state index is -0.0974. The van der Waals surface area contributed by atoms with Crippen molar-refractivity contribution in [1.82, 2.24) is 5.32 Å². The molecule has 1 N–H and O–H groups in total. The second-order valence-corrected chi connectivity index (χ2v) is 5.97. The first kappa shape index (κ1) is 16.5. The van der Waals surface area contributed by atoms with Crippen LogP contribution in [0.25, 0.3) is 0 Å². The minimum absolute atomic E-state index is 0.0974. The Kier molecular flexibility index (Phi) is 8.15. The summed E-state index contributed by atoms with van der Waals surface area (Å²) in [4.78, 5) is 11.9. The maximum Gasteiger partial charge on any atom is 0.252 e. The summed E-state index contributed by atoms with van der Waals surface area (Å²) >= 11 is 9.35. The maximum atomic E-state index is 11.9. The lowest BCUT2D eigenvalue weighted by Gasteiger charge is -2.07. The average molecular weight is 347 g/mol. The van der Waals surface area contributed by atoms with E-state index in [4.69, 9.17) is 11.6 Å². The number of carbonyl (C=O) groups is 1. The van der Waals surface area contributed by atoms with Gasteiger partial charge in [0, 0.05) is 11.0 Å². The Morgan fingerprint density at radius 1 is 1.21 bits per heavy atom. The van der Waals surface area contributed by atoms with Gasteiger partial charge in [-0.3, -0.25) is 4.79 Å². The summed E-state index contributed by atoms with van der Waals surface area (Å²) in [5.41, 5.74) is 0.530. The van der Waals surface area contributed by atoms with Gasteiger partial charge in [-0.15, -0.1) is 0 Å². The van der Waals surface area contributed by atoms with Crippen molar-refractivity contribution in [1.29, 1.82) is 0 Å². The first-order chi connectivity index (χ1) is 9.15. The lowest BCUT2D eigenvalue weighted by Crippen LogP contribution is -2.24. The first-order valence-electron chi connectivity index (χ1n) is 6.88. The van der Waals surface area contributed by atoms with Crippen LogP contribution in [-0.2, 0) is 0 Å². The molecule has 0 aliphatic rings. The molecule has 1 aromatic rings. The summed E-state index contributed by atoms with van der Waals surface area (Å²) in [6.07, 6.45) is 7.31. The van der Waals surface area contributed by atoms with Gasteiger partial charge in [-0.25, -0.2) is 0 Å². The van der Waals surface area contributed by atoms with E-state index in [0.29, 0.717) is 17.1 Å². The molecule has 0 unspecified atom stereocenters. The van der Waals surface area contributed by atoms with Gasteiger partial charge in [0.05, 0.1) is 10.6 Å². The van der Waals surface area contributed by atoms with Gasteiger partial charge in [0.1, 0.15) is 0 Å². The zero-order valence-corrected chi connectivity index (χ0v) is 13.7. The quantitative estimate of drug-likeness (QED) is 0.645. The second kappa shape index (κ2) is 9.38. The monoisotopic (exact) mass is 345 g/mol. The van der Waals surface area contributed by atoms with Gasteiger partial charge in [-0.2, -0.15) is 0 Å². The van der Waals surface area contributed by atoms with Crippen LogP contribution >= 0.6 is 27.5 Å². The second-order valence-electron chi connectivity index (χ2n) is 4.65. The van der Waals surface area contributed by atoms with Crippen molar-refractivity contribution >= 4 is 33.4 Å². The molecular formula is C15H21BrClNO. The Bertz CT molecular complexity index is 409. The lowest BCUT2D eigenvalue weighted by atomic mass is 10.1. The molecule has 2 nitrogen and oxygen atoms in total. The van der Waals surface area contributed by atoms with Crippen molar-refractivity contribution in [3.63, 3.8) is 0 Å². The molecule has 19 heavy (non-hydrogen) atoms. The van der Waals surface area contributed by atoms with Gasteiger partial charge in [0.25, 0.3) is 5.91 Å². The summed E-state index contributed by atoms with van der Waals surface area (Å²) in [6, 6.07) is 5.30. The number of halogens is 2. The highest BCUT2D eigenvalue weighted by Gasteiger charge is 2.09. The minimum Gasteiger partial charge on any atom is -0.352 e. The molecule has 1 aromatic carbocycles. The highest BCUT2D eigenvalue weighted by atomic mass is 79.9. The van der Waals surface area contributed by atoms with Crippen LogP contribution in [-0.4, -0.2) is 12.5 Å². The van der Waals surface area contributed by atoms with Crippen LogP contribution < -0.4 is 5.32 Å². The molecule has 0 aromatic heterocycles. The van der Waals surface area contributed by atoms with E-state index in [2.05, 4.69) is 28.2 Å². The Hall–Kier alpha value is -0.540. The molecule has 0 atom stereocenters. The van der Waals surface area contributed by atoms with Gasteiger partial charge in [-0.05, 0) is 24.6 Å². The van der Waals surface area contributed by atoms with Crippen molar-refractivity contribution in [2.24, 2.45) is 0 Å². The van der Waals surface area contributed by atoms with Crippen LogP contribution in [0.3, 0.4) is 0 Å². The van der Waals surface area contributed by atoms with E-state index in [1.807, 2.05) is 6.07 Å². The fourth-order valence-electron chi connectivity index (χ4n) is 1.87. The van der Waals surface area contributed by atoms with E-state index >= 15 is 0 Å². The number of hydrogen-bond acceptors (Lipinski definition) is 1. The molecule has 0 aliphatic heterocycles. The van der Waals surface area contributed by atoms with Gasteiger partial charge < -0.3 is 5.32 Å². The van der Waals surface area contributed by atoms with E-state index in [1.165, 1.54) is 32.1 Å². The fourth-order valence-corrected chi connectivity index (χ4v) is 2.44. The van der Waals surface area contributed by atoms with Crippen molar-refractivity contribution in [2.75, 3.05) is 6.54 Å². The molecule has 0 saturated carbocycles. The summed E-state index contributed by atoms with van der Waals surface area (Å²) in [5, 5.41) is 3.40. The topological polar surface area (TPSA) is 29.1 Å². The Balaban J connectivity index is 2.26. The van der Waals surface area contributed by atoms with Crippen LogP contribution in [0.5, 0.6) is 0 Å². The van der Waals surface area contributed by atoms with Crippen LogP contribution in [0.2, 0.25) is 5.02 Å². The zero-order chi connectivity index (χ0) is 14.1. The van der Waals surface area contributed by atoms with Gasteiger partial charge in [-0.1, -0.05) is 66.6 Å². The van der Waals surface area contributed by atoms with Gasteiger partial charge in [0.15, 0.2) is 0 Å². The SMILES string of the molecule is CCCCCCCCNC(=O)c1cc(Br)ccc1Cl. The van der Waals surface area contributed by atoms with E-state index < -0.39 is 0 Å². The fraction of sp³-hybridized carbons (Fsp3) is 0.533. The summed E-state index contributed by atoms with van der Waals surface area (Å²) in [5.74, 6) is -0.0974. The van der Waals surface area contributed by atoms with Crippen LogP contribution in [0, 0.1) is 0 Å². The van der Waals surface area contributed by atoms with Crippen LogP contribution in [0.4, 0.5) is 0 Å². The van der Waals surface area contributed by atoms with Crippen LogP contribution in [0.15, 0.2) is 22.7 Å². The van der Waals surface area contributed by atoms with Gasteiger partial charge >= 0.3 is 0 Å². The molecule has 0 aliphatic carbocycles. The number of amides is 1. The van der Waals surface area contributed by atoms with E-state index in [-0.39, 0.29) is 5.91 Å². The van der Waals surface area contributed by atoms with E-state index in [0.717, 1.165) is 10.9 Å². The third-order valence-corrected chi connectivity index (χ3v) is 3.81. The third-order valence-electron chi connectivity index (χ3n) is 2.99. The Labute approximate surface area is 129 Å². The smallest absolute Gasteiger partial charge is 0.252 e. The van der Waals surface area contributed by atoms with Crippen molar-refractivity contribution in [2.45, 2.75) is 45.4 Å². The molecular weight excluding hydrogens is 326 g/mol. The highest BCUT2D eigenvalue weighted by Crippen LogP contribution is 2.20. The molecule has 106 valence electrons. The highest BCUT2D eigenvalue weighted by molar-refractivity contribution is 9.10. The summed E-state index contributed by atoms with van der Waals surface area (Å²) in [6.45, 7) is 2.93. The maximum absolute atomic E-state index is 11.9. The molecule has 0 radical (unpaired) electrons. The first-order valence-corrected chi connectivity index (χ1v) is 8.05. The summed E-state index contributed by atoms with van der Waals surface area (Å²) < 4.78 is 0.863. The Morgan fingerprint density at radius 3 is 2.63 bits per heavy atom. The normalized spacial score (nSPS) is 10.5.